The molecule has 2 aromatic carbocycles. The molecule has 1 atom stereocenters. The maximum absolute atomic E-state index is 10.9. The zero-order valence-electron chi connectivity index (χ0n) is 10.9. The average Bonchev–Trinajstić information content (AvgIpc) is 2.45. The number of aliphatic hydroxyl groups excluding tert-OH is 1. The number of benzene rings is 2. The van der Waals surface area contributed by atoms with Gasteiger partial charge in [0.1, 0.15) is 18.5 Å². The Morgan fingerprint density at radius 3 is 2.43 bits per heavy atom. The van der Waals surface area contributed by atoms with Gasteiger partial charge >= 0.3 is 0 Å². The van der Waals surface area contributed by atoms with Gasteiger partial charge in [-0.15, -0.1) is 0 Å². The molecule has 0 saturated carbocycles. The van der Waals surface area contributed by atoms with Crippen LogP contribution in [0, 0.1) is 0 Å². The lowest BCUT2D eigenvalue weighted by atomic mass is 10.1. The molecule has 0 aliphatic carbocycles. The van der Waals surface area contributed by atoms with Crippen LogP contribution < -0.4 is 10.5 Å². The van der Waals surface area contributed by atoms with Crippen LogP contribution in [0.5, 0.6) is 5.75 Å². The number of ether oxygens (including phenoxy) is 1. The molecule has 0 spiro atoms. The zero-order chi connectivity index (χ0) is 15.4. The van der Waals surface area contributed by atoms with Crippen molar-refractivity contribution in [2.24, 2.45) is 5.73 Å². The van der Waals surface area contributed by atoms with Crippen molar-refractivity contribution in [2.75, 3.05) is 6.61 Å². The Kier molecular flexibility index (Phi) is 5.07. The second-order valence-corrected chi connectivity index (χ2v) is 5.22. The summed E-state index contributed by atoms with van der Waals surface area (Å²) in [7, 11) is 0. The van der Waals surface area contributed by atoms with Gasteiger partial charge in [-0.05, 0) is 36.4 Å². The Morgan fingerprint density at radius 2 is 1.86 bits per heavy atom. The molecular formula is C15H13Cl2NO3. The van der Waals surface area contributed by atoms with E-state index in [4.69, 9.17) is 33.7 Å². The maximum Gasteiger partial charge on any atom is 0.248 e. The van der Waals surface area contributed by atoms with Crippen LogP contribution >= 0.6 is 23.2 Å². The highest BCUT2D eigenvalue weighted by Crippen LogP contribution is 2.26. The van der Waals surface area contributed by atoms with Gasteiger partial charge in [-0.25, -0.2) is 0 Å². The van der Waals surface area contributed by atoms with Gasteiger partial charge in [-0.3, -0.25) is 4.79 Å². The number of hydrogen-bond acceptors (Lipinski definition) is 3. The minimum atomic E-state index is -0.884. The number of rotatable bonds is 5. The first-order valence-electron chi connectivity index (χ1n) is 6.13. The van der Waals surface area contributed by atoms with Crippen LogP contribution in [0.2, 0.25) is 10.0 Å². The molecule has 0 aliphatic rings. The fourth-order valence-electron chi connectivity index (χ4n) is 1.75. The molecule has 2 rings (SSSR count). The summed E-state index contributed by atoms with van der Waals surface area (Å²) in [6, 6.07) is 11.2. The lowest BCUT2D eigenvalue weighted by Crippen LogP contribution is -2.12. The summed E-state index contributed by atoms with van der Waals surface area (Å²) in [5.74, 6) is 0.0127. The van der Waals surface area contributed by atoms with Crippen molar-refractivity contribution in [3.8, 4) is 5.75 Å². The second-order valence-electron chi connectivity index (χ2n) is 4.38. The van der Waals surface area contributed by atoms with E-state index in [9.17, 15) is 9.90 Å². The Balaban J connectivity index is 2.00. The number of halogens is 2. The Morgan fingerprint density at radius 1 is 1.19 bits per heavy atom. The van der Waals surface area contributed by atoms with Crippen molar-refractivity contribution in [3.05, 3.63) is 63.6 Å². The summed E-state index contributed by atoms with van der Waals surface area (Å²) in [6.07, 6.45) is -0.884. The summed E-state index contributed by atoms with van der Waals surface area (Å²) >= 11 is 11.8. The molecule has 0 radical (unpaired) electrons. The van der Waals surface area contributed by atoms with Gasteiger partial charge in [0.2, 0.25) is 5.91 Å². The number of carbonyl (C=O) groups is 1. The monoisotopic (exact) mass is 325 g/mol. The van der Waals surface area contributed by atoms with Crippen molar-refractivity contribution in [2.45, 2.75) is 6.10 Å². The number of hydrogen-bond donors (Lipinski definition) is 2. The van der Waals surface area contributed by atoms with Crippen molar-refractivity contribution < 1.29 is 14.6 Å². The highest BCUT2D eigenvalue weighted by atomic mass is 35.5. The largest absolute Gasteiger partial charge is 0.491 e. The molecule has 0 saturated heterocycles. The molecular weight excluding hydrogens is 313 g/mol. The summed E-state index contributed by atoms with van der Waals surface area (Å²) < 4.78 is 5.45. The van der Waals surface area contributed by atoms with E-state index in [1.807, 2.05) is 0 Å². The van der Waals surface area contributed by atoms with E-state index in [0.717, 1.165) is 0 Å². The van der Waals surface area contributed by atoms with Gasteiger partial charge < -0.3 is 15.6 Å². The van der Waals surface area contributed by atoms with Crippen molar-refractivity contribution in [1.82, 2.24) is 0 Å². The van der Waals surface area contributed by atoms with Gasteiger partial charge in [0.15, 0.2) is 0 Å². The molecule has 0 aromatic heterocycles. The van der Waals surface area contributed by atoms with Crippen LogP contribution in [0.25, 0.3) is 0 Å². The third kappa shape index (κ3) is 4.11. The molecule has 110 valence electrons. The summed E-state index contributed by atoms with van der Waals surface area (Å²) in [4.78, 5) is 10.9. The van der Waals surface area contributed by atoms with E-state index in [-0.39, 0.29) is 6.61 Å². The first kappa shape index (κ1) is 15.6. The highest BCUT2D eigenvalue weighted by molar-refractivity contribution is 6.35. The summed E-state index contributed by atoms with van der Waals surface area (Å²) in [6.45, 7) is 0.0251. The Hall–Kier alpha value is -1.75. The maximum atomic E-state index is 10.9. The SMILES string of the molecule is NC(=O)c1ccc(OCC(O)c2ccc(Cl)cc2Cl)cc1. The predicted octanol–water partition coefficient (Wildman–Crippen LogP) is 3.20. The molecule has 21 heavy (non-hydrogen) atoms. The number of nitrogens with two attached hydrogens (primary N) is 1. The van der Waals surface area contributed by atoms with Gasteiger partial charge in [0.25, 0.3) is 0 Å². The van der Waals surface area contributed by atoms with Crippen LogP contribution in [0.4, 0.5) is 0 Å². The quantitative estimate of drug-likeness (QED) is 0.886. The molecule has 0 fully saturated rings. The molecule has 0 bridgehead atoms. The third-order valence-corrected chi connectivity index (χ3v) is 3.43. The van der Waals surface area contributed by atoms with Crippen LogP contribution in [0.3, 0.4) is 0 Å². The minimum Gasteiger partial charge on any atom is -0.491 e. The van der Waals surface area contributed by atoms with Crippen LogP contribution in [0.1, 0.15) is 22.0 Å². The summed E-state index contributed by atoms with van der Waals surface area (Å²) in [5, 5.41) is 10.9. The molecule has 0 heterocycles. The smallest absolute Gasteiger partial charge is 0.248 e. The van der Waals surface area contributed by atoms with Gasteiger partial charge in [-0.1, -0.05) is 29.3 Å². The van der Waals surface area contributed by atoms with Crippen molar-refractivity contribution >= 4 is 29.1 Å². The molecule has 0 aliphatic heterocycles. The van der Waals surface area contributed by atoms with Gasteiger partial charge in [0, 0.05) is 21.2 Å². The first-order valence-corrected chi connectivity index (χ1v) is 6.88. The zero-order valence-corrected chi connectivity index (χ0v) is 12.4. The van der Waals surface area contributed by atoms with Gasteiger partial charge in [-0.2, -0.15) is 0 Å². The number of amides is 1. The lowest BCUT2D eigenvalue weighted by Gasteiger charge is -2.14. The molecule has 3 N–H and O–H groups in total. The first-order chi connectivity index (χ1) is 9.97. The van der Waals surface area contributed by atoms with Crippen LogP contribution in [0.15, 0.2) is 42.5 Å². The minimum absolute atomic E-state index is 0.0251. The van der Waals surface area contributed by atoms with E-state index in [2.05, 4.69) is 0 Å². The van der Waals surface area contributed by atoms with Crippen LogP contribution in [-0.4, -0.2) is 17.6 Å². The second kappa shape index (κ2) is 6.80. The number of primary amides is 1. The normalized spacial score (nSPS) is 12.0. The molecule has 6 heteroatoms. The molecule has 1 amide bonds. The molecule has 1 unspecified atom stereocenters. The summed E-state index contributed by atoms with van der Waals surface area (Å²) in [5.41, 5.74) is 6.07. The third-order valence-electron chi connectivity index (χ3n) is 2.87. The lowest BCUT2D eigenvalue weighted by molar-refractivity contribution is 0.0999. The standard InChI is InChI=1S/C15H13Cl2NO3/c16-10-3-6-12(13(17)7-10)14(19)8-21-11-4-1-9(2-5-11)15(18)20/h1-7,14,19H,8H2,(H2,18,20). The average molecular weight is 326 g/mol. The fourth-order valence-corrected chi connectivity index (χ4v) is 2.29. The highest BCUT2D eigenvalue weighted by Gasteiger charge is 2.13. The number of aliphatic hydroxyl groups is 1. The molecule has 2 aromatic rings. The molecule has 4 nitrogen and oxygen atoms in total. The van der Waals surface area contributed by atoms with E-state index >= 15 is 0 Å². The van der Waals surface area contributed by atoms with Crippen molar-refractivity contribution in [3.63, 3.8) is 0 Å². The van der Waals surface area contributed by atoms with E-state index < -0.39 is 12.0 Å². The van der Waals surface area contributed by atoms with Crippen LogP contribution in [-0.2, 0) is 0 Å². The van der Waals surface area contributed by atoms with E-state index in [1.54, 1.807) is 42.5 Å². The topological polar surface area (TPSA) is 72.6 Å². The van der Waals surface area contributed by atoms with E-state index in [0.29, 0.717) is 26.9 Å². The Labute approximate surface area is 132 Å². The fraction of sp³-hybridized carbons (Fsp3) is 0.133. The van der Waals surface area contributed by atoms with E-state index in [1.165, 1.54) is 0 Å². The predicted molar refractivity (Wildman–Crippen MR) is 81.9 cm³/mol. The van der Waals surface area contributed by atoms with Gasteiger partial charge in [0.05, 0.1) is 0 Å². The number of carbonyl (C=O) groups excluding carboxylic acids is 1. The van der Waals surface area contributed by atoms with Crippen molar-refractivity contribution in [1.29, 1.82) is 0 Å². The Bertz CT molecular complexity index is 644.